The van der Waals surface area contributed by atoms with Crippen molar-refractivity contribution in [1.82, 2.24) is 20.9 Å². The number of guanidine groups is 1. The van der Waals surface area contributed by atoms with Gasteiger partial charge in [-0.05, 0) is 52.4 Å². The Morgan fingerprint density at radius 3 is 2.44 bits per heavy atom. The highest BCUT2D eigenvalue weighted by molar-refractivity contribution is 14.0. The van der Waals surface area contributed by atoms with Gasteiger partial charge in [0.1, 0.15) is 0 Å². The Bertz CT molecular complexity index is 589. The van der Waals surface area contributed by atoms with Crippen molar-refractivity contribution >= 4 is 35.8 Å². The summed E-state index contributed by atoms with van der Waals surface area (Å²) < 4.78 is 6.12. The van der Waals surface area contributed by atoms with Crippen LogP contribution in [-0.2, 0) is 9.53 Å². The molecule has 0 aromatic rings. The highest BCUT2D eigenvalue weighted by atomic mass is 127. The number of carbonyl (C=O) groups is 1. The van der Waals surface area contributed by atoms with Crippen LogP contribution in [0.15, 0.2) is 4.99 Å². The molecule has 3 N–H and O–H groups in total. The van der Waals surface area contributed by atoms with E-state index in [4.69, 9.17) is 9.73 Å². The van der Waals surface area contributed by atoms with E-state index in [1.165, 1.54) is 32.1 Å². The molecular formula is C24H46IN5O2. The third-order valence-electron chi connectivity index (χ3n) is 7.43. The standard InChI is InChI=1S/C24H45N5O2.HI/c1-4-14-26-22(30)18-29-15-10-19(11-16-29)27-23(25-5-2)28-20-17-21(31-6-3)24(20)12-8-7-9-13-24;/h19-21H,4-18H2,1-3H3,(H,26,30)(H2,25,27,28);1H. The van der Waals surface area contributed by atoms with Crippen molar-refractivity contribution in [3.05, 3.63) is 0 Å². The Morgan fingerprint density at radius 2 is 1.81 bits per heavy atom. The van der Waals surface area contributed by atoms with Gasteiger partial charge in [0.2, 0.25) is 5.91 Å². The quantitative estimate of drug-likeness (QED) is 0.228. The van der Waals surface area contributed by atoms with Crippen molar-refractivity contribution in [3.8, 4) is 0 Å². The average Bonchev–Trinajstić information content (AvgIpc) is 2.79. The summed E-state index contributed by atoms with van der Waals surface area (Å²) in [6.07, 6.45) is 11.1. The summed E-state index contributed by atoms with van der Waals surface area (Å²) in [6, 6.07) is 0.877. The van der Waals surface area contributed by atoms with Crippen LogP contribution in [0, 0.1) is 5.41 Å². The summed E-state index contributed by atoms with van der Waals surface area (Å²) in [4.78, 5) is 19.0. The molecule has 1 saturated heterocycles. The number of amides is 1. The van der Waals surface area contributed by atoms with Crippen LogP contribution in [0.2, 0.25) is 0 Å². The van der Waals surface area contributed by atoms with Crippen molar-refractivity contribution in [1.29, 1.82) is 0 Å². The molecular weight excluding hydrogens is 517 g/mol. The summed E-state index contributed by atoms with van der Waals surface area (Å²) in [5.74, 6) is 1.11. The molecule has 0 bridgehead atoms. The number of ether oxygens (including phenoxy) is 1. The Hall–Kier alpha value is -0.610. The molecule has 3 fully saturated rings. The third kappa shape index (κ3) is 7.19. The van der Waals surface area contributed by atoms with Gasteiger partial charge in [0, 0.05) is 50.3 Å². The first kappa shape index (κ1) is 27.6. The number of rotatable bonds is 9. The van der Waals surface area contributed by atoms with E-state index in [1.807, 2.05) is 0 Å². The first-order chi connectivity index (χ1) is 15.1. The Balaban J connectivity index is 0.00000363. The zero-order chi connectivity index (χ0) is 22.1. The van der Waals surface area contributed by atoms with Gasteiger partial charge in [0.05, 0.1) is 12.6 Å². The maximum atomic E-state index is 12.0. The van der Waals surface area contributed by atoms with Crippen molar-refractivity contribution in [2.75, 3.05) is 39.3 Å². The van der Waals surface area contributed by atoms with E-state index in [0.717, 1.165) is 64.4 Å². The highest BCUT2D eigenvalue weighted by Gasteiger charge is 2.55. The molecule has 1 amide bonds. The summed E-state index contributed by atoms with van der Waals surface area (Å²) in [6.45, 7) is 11.1. The Labute approximate surface area is 212 Å². The van der Waals surface area contributed by atoms with Crippen LogP contribution >= 0.6 is 24.0 Å². The zero-order valence-electron chi connectivity index (χ0n) is 20.5. The lowest BCUT2D eigenvalue weighted by atomic mass is 9.55. The first-order valence-electron chi connectivity index (χ1n) is 12.8. The molecule has 3 rings (SSSR count). The lowest BCUT2D eigenvalue weighted by Gasteiger charge is -2.58. The fourth-order valence-electron chi connectivity index (χ4n) is 5.67. The van der Waals surface area contributed by atoms with E-state index in [-0.39, 0.29) is 29.9 Å². The van der Waals surface area contributed by atoms with Crippen molar-refractivity contribution in [3.63, 3.8) is 0 Å². The van der Waals surface area contributed by atoms with Gasteiger partial charge in [-0.2, -0.15) is 0 Å². The minimum atomic E-state index is 0. The predicted octanol–water partition coefficient (Wildman–Crippen LogP) is 3.28. The van der Waals surface area contributed by atoms with Crippen LogP contribution in [0.1, 0.15) is 78.6 Å². The lowest BCUT2D eigenvalue weighted by molar-refractivity contribution is -0.145. The monoisotopic (exact) mass is 563 g/mol. The van der Waals surface area contributed by atoms with E-state index < -0.39 is 0 Å². The molecule has 8 heteroatoms. The van der Waals surface area contributed by atoms with Crippen LogP contribution in [0.5, 0.6) is 0 Å². The van der Waals surface area contributed by atoms with Crippen molar-refractivity contribution in [2.45, 2.75) is 96.7 Å². The summed E-state index contributed by atoms with van der Waals surface area (Å²) in [7, 11) is 0. The molecule has 2 atom stereocenters. The van der Waals surface area contributed by atoms with Gasteiger partial charge in [-0.3, -0.25) is 14.7 Å². The van der Waals surface area contributed by atoms with Gasteiger partial charge in [-0.15, -0.1) is 24.0 Å². The van der Waals surface area contributed by atoms with E-state index in [1.54, 1.807) is 0 Å². The number of nitrogens with one attached hydrogen (secondary N) is 3. The molecule has 2 saturated carbocycles. The number of hydrogen-bond donors (Lipinski definition) is 3. The highest BCUT2D eigenvalue weighted by Crippen LogP contribution is 2.53. The van der Waals surface area contributed by atoms with E-state index in [0.29, 0.717) is 30.1 Å². The second-order valence-corrected chi connectivity index (χ2v) is 9.54. The molecule has 186 valence electrons. The predicted molar refractivity (Wildman–Crippen MR) is 142 cm³/mol. The summed E-state index contributed by atoms with van der Waals surface area (Å²) >= 11 is 0. The van der Waals surface area contributed by atoms with Crippen LogP contribution in [0.25, 0.3) is 0 Å². The fourth-order valence-corrected chi connectivity index (χ4v) is 5.67. The fraction of sp³-hybridized carbons (Fsp3) is 0.917. The number of nitrogens with zero attached hydrogens (tertiary/aromatic N) is 2. The molecule has 0 aromatic heterocycles. The van der Waals surface area contributed by atoms with E-state index in [2.05, 4.69) is 41.6 Å². The molecule has 7 nitrogen and oxygen atoms in total. The third-order valence-corrected chi connectivity index (χ3v) is 7.43. The van der Waals surface area contributed by atoms with Gasteiger partial charge >= 0.3 is 0 Å². The molecule has 1 aliphatic heterocycles. The largest absolute Gasteiger partial charge is 0.378 e. The number of aliphatic imine (C=N–C) groups is 1. The molecule has 3 aliphatic rings. The zero-order valence-corrected chi connectivity index (χ0v) is 22.8. The number of carbonyl (C=O) groups excluding carboxylic acids is 1. The first-order valence-corrected chi connectivity index (χ1v) is 12.8. The van der Waals surface area contributed by atoms with E-state index >= 15 is 0 Å². The van der Waals surface area contributed by atoms with E-state index in [9.17, 15) is 4.79 Å². The summed E-state index contributed by atoms with van der Waals surface area (Å²) in [5.41, 5.74) is 0.291. The van der Waals surface area contributed by atoms with Gasteiger partial charge in [-0.1, -0.05) is 26.2 Å². The Kier molecular flexibility index (Phi) is 12.0. The van der Waals surface area contributed by atoms with Crippen LogP contribution in [0.3, 0.4) is 0 Å². The minimum Gasteiger partial charge on any atom is -0.378 e. The van der Waals surface area contributed by atoms with Crippen molar-refractivity contribution in [2.24, 2.45) is 10.4 Å². The van der Waals surface area contributed by atoms with Gasteiger partial charge in [0.25, 0.3) is 0 Å². The molecule has 0 radical (unpaired) electrons. The van der Waals surface area contributed by atoms with Crippen LogP contribution in [0.4, 0.5) is 0 Å². The van der Waals surface area contributed by atoms with Crippen molar-refractivity contribution < 1.29 is 9.53 Å². The SMILES string of the molecule is CCCNC(=O)CN1CCC(NC(=NCC)NC2CC(OCC)C23CCCCC3)CC1.I. The Morgan fingerprint density at radius 1 is 1.09 bits per heavy atom. The van der Waals surface area contributed by atoms with Crippen LogP contribution in [-0.4, -0.2) is 74.3 Å². The van der Waals surface area contributed by atoms with Crippen LogP contribution < -0.4 is 16.0 Å². The lowest BCUT2D eigenvalue weighted by Crippen LogP contribution is -2.67. The molecule has 32 heavy (non-hydrogen) atoms. The number of likely N-dealkylation sites (tertiary alicyclic amines) is 1. The number of piperidine rings is 1. The molecule has 1 spiro atoms. The molecule has 1 heterocycles. The number of hydrogen-bond acceptors (Lipinski definition) is 4. The van der Waals surface area contributed by atoms with Gasteiger partial charge < -0.3 is 20.7 Å². The van der Waals surface area contributed by atoms with Gasteiger partial charge in [-0.25, -0.2) is 0 Å². The molecule has 2 unspecified atom stereocenters. The second-order valence-electron chi connectivity index (χ2n) is 9.54. The molecule has 0 aromatic carbocycles. The minimum absolute atomic E-state index is 0. The maximum Gasteiger partial charge on any atom is 0.234 e. The normalized spacial score (nSPS) is 26.2. The second kappa shape index (κ2) is 13.9. The maximum absolute atomic E-state index is 12.0. The average molecular weight is 564 g/mol. The number of halogens is 1. The van der Waals surface area contributed by atoms with Gasteiger partial charge in [0.15, 0.2) is 5.96 Å². The molecule has 2 aliphatic carbocycles. The summed E-state index contributed by atoms with van der Waals surface area (Å²) in [5, 5.41) is 10.5. The smallest absolute Gasteiger partial charge is 0.234 e. The topological polar surface area (TPSA) is 78.0 Å².